The van der Waals surface area contributed by atoms with Crippen LogP contribution in [0.1, 0.15) is 27.3 Å². The third-order valence-corrected chi connectivity index (χ3v) is 5.84. The number of nitrogens with one attached hydrogen (secondary N) is 1. The van der Waals surface area contributed by atoms with E-state index in [1.807, 2.05) is 73.1 Å². The van der Waals surface area contributed by atoms with Crippen LogP contribution in [-0.4, -0.2) is 20.7 Å². The van der Waals surface area contributed by atoms with Gasteiger partial charge in [-0.1, -0.05) is 30.3 Å². The summed E-state index contributed by atoms with van der Waals surface area (Å²) >= 11 is 3.55. The molecular formula is C22H19BrN4O. The Morgan fingerprint density at radius 1 is 1.11 bits per heavy atom. The fraction of sp³-hybridized carbons (Fsp3) is 0.136. The largest absolute Gasteiger partial charge is 0.320 e. The van der Waals surface area contributed by atoms with E-state index >= 15 is 0 Å². The van der Waals surface area contributed by atoms with Crippen LogP contribution in [0.25, 0.3) is 10.9 Å². The summed E-state index contributed by atoms with van der Waals surface area (Å²) in [7, 11) is 0. The summed E-state index contributed by atoms with van der Waals surface area (Å²) in [6.45, 7) is 4.60. The lowest BCUT2D eigenvalue weighted by Gasteiger charge is -2.10. The fourth-order valence-corrected chi connectivity index (χ4v) is 3.50. The normalized spacial score (nSPS) is 11.0. The Balaban J connectivity index is 1.58. The van der Waals surface area contributed by atoms with Crippen LogP contribution in [0.4, 0.5) is 5.69 Å². The number of rotatable bonds is 4. The van der Waals surface area contributed by atoms with Crippen molar-refractivity contribution in [2.24, 2.45) is 0 Å². The predicted octanol–water partition coefficient (Wildman–Crippen LogP) is 5.11. The Morgan fingerprint density at radius 2 is 1.89 bits per heavy atom. The maximum Gasteiger partial charge on any atom is 0.255 e. The van der Waals surface area contributed by atoms with Gasteiger partial charge in [0.05, 0.1) is 33.6 Å². The van der Waals surface area contributed by atoms with E-state index in [0.717, 1.165) is 32.3 Å². The summed E-state index contributed by atoms with van der Waals surface area (Å²) in [6, 6.07) is 17.2. The quantitative estimate of drug-likeness (QED) is 0.485. The van der Waals surface area contributed by atoms with Gasteiger partial charge < -0.3 is 5.32 Å². The molecule has 28 heavy (non-hydrogen) atoms. The smallest absolute Gasteiger partial charge is 0.255 e. The van der Waals surface area contributed by atoms with Crippen molar-refractivity contribution in [3.8, 4) is 0 Å². The van der Waals surface area contributed by atoms with Gasteiger partial charge in [0.1, 0.15) is 0 Å². The lowest BCUT2D eigenvalue weighted by Crippen LogP contribution is -2.13. The number of carbonyl (C=O) groups excluding carboxylic acids is 1. The summed E-state index contributed by atoms with van der Waals surface area (Å²) in [5.74, 6) is -0.158. The summed E-state index contributed by atoms with van der Waals surface area (Å²) < 4.78 is 2.95. The lowest BCUT2D eigenvalue weighted by molar-refractivity contribution is 0.102. The van der Waals surface area contributed by atoms with Gasteiger partial charge in [0.25, 0.3) is 5.91 Å². The SMILES string of the molecule is Cc1nn(Cc2cccc(C(=O)Nc3cccc4cccnc34)c2)c(C)c1Br. The molecule has 0 unspecified atom stereocenters. The molecule has 0 fully saturated rings. The number of nitrogens with zero attached hydrogens (tertiary/aromatic N) is 3. The molecule has 1 amide bonds. The van der Waals surface area contributed by atoms with Crippen molar-refractivity contribution < 1.29 is 4.79 Å². The van der Waals surface area contributed by atoms with Crippen molar-refractivity contribution in [1.82, 2.24) is 14.8 Å². The summed E-state index contributed by atoms with van der Waals surface area (Å²) in [4.78, 5) is 17.2. The van der Waals surface area contributed by atoms with Gasteiger partial charge in [-0.25, -0.2) is 0 Å². The van der Waals surface area contributed by atoms with Gasteiger partial charge in [0.15, 0.2) is 0 Å². The molecule has 140 valence electrons. The number of aromatic nitrogens is 3. The number of pyridine rings is 1. The second kappa shape index (κ2) is 7.56. The third kappa shape index (κ3) is 3.55. The van der Waals surface area contributed by atoms with Crippen LogP contribution < -0.4 is 5.32 Å². The maximum absolute atomic E-state index is 12.8. The van der Waals surface area contributed by atoms with E-state index in [9.17, 15) is 4.79 Å². The Bertz CT molecular complexity index is 1180. The first kappa shape index (κ1) is 18.4. The summed E-state index contributed by atoms with van der Waals surface area (Å²) in [6.07, 6.45) is 1.73. The molecule has 0 bridgehead atoms. The standard InChI is InChI=1S/C22H19BrN4O/c1-14-20(23)15(2)27(26-14)13-16-6-3-8-18(12-16)22(28)25-19-10-4-7-17-9-5-11-24-21(17)19/h3-12H,13H2,1-2H3,(H,25,28). The van der Waals surface area contributed by atoms with Crippen LogP contribution in [0.3, 0.4) is 0 Å². The van der Waals surface area contributed by atoms with Crippen molar-refractivity contribution in [3.05, 3.63) is 87.8 Å². The Hall–Kier alpha value is -2.99. The van der Waals surface area contributed by atoms with Gasteiger partial charge >= 0.3 is 0 Å². The number of hydrogen-bond acceptors (Lipinski definition) is 3. The van der Waals surface area contributed by atoms with Gasteiger partial charge in [0, 0.05) is 17.1 Å². The molecule has 0 atom stereocenters. The first-order chi connectivity index (χ1) is 13.5. The summed E-state index contributed by atoms with van der Waals surface area (Å²) in [5, 5.41) is 8.52. The highest BCUT2D eigenvalue weighted by atomic mass is 79.9. The number of fused-ring (bicyclic) bond motifs is 1. The van der Waals surface area contributed by atoms with Gasteiger partial charge in [0.2, 0.25) is 0 Å². The number of aryl methyl sites for hydroxylation is 1. The molecule has 2 aromatic carbocycles. The first-order valence-electron chi connectivity index (χ1n) is 8.96. The molecule has 0 spiro atoms. The Kier molecular flexibility index (Phi) is 4.96. The molecule has 0 radical (unpaired) electrons. The van der Waals surface area contributed by atoms with Crippen LogP contribution in [0.15, 0.2) is 65.3 Å². The van der Waals surface area contributed by atoms with E-state index in [4.69, 9.17) is 0 Å². The molecule has 6 heteroatoms. The minimum absolute atomic E-state index is 0.158. The number of amides is 1. The predicted molar refractivity (Wildman–Crippen MR) is 115 cm³/mol. The average Bonchev–Trinajstić information content (AvgIpc) is 2.95. The maximum atomic E-state index is 12.8. The lowest BCUT2D eigenvalue weighted by atomic mass is 10.1. The number of halogens is 1. The highest BCUT2D eigenvalue weighted by Gasteiger charge is 2.12. The molecule has 2 heterocycles. The number of para-hydroxylation sites is 1. The van der Waals surface area contributed by atoms with E-state index in [-0.39, 0.29) is 5.91 Å². The van der Waals surface area contributed by atoms with E-state index in [2.05, 4.69) is 31.3 Å². The van der Waals surface area contributed by atoms with E-state index in [1.165, 1.54) is 0 Å². The topological polar surface area (TPSA) is 59.8 Å². The second-order valence-electron chi connectivity index (χ2n) is 6.68. The zero-order valence-corrected chi connectivity index (χ0v) is 17.2. The van der Waals surface area contributed by atoms with Crippen molar-refractivity contribution in [2.75, 3.05) is 5.32 Å². The van der Waals surface area contributed by atoms with E-state index in [0.29, 0.717) is 17.8 Å². The number of carbonyl (C=O) groups is 1. The van der Waals surface area contributed by atoms with E-state index < -0.39 is 0 Å². The van der Waals surface area contributed by atoms with Crippen LogP contribution in [-0.2, 0) is 6.54 Å². The minimum atomic E-state index is -0.158. The van der Waals surface area contributed by atoms with Gasteiger partial charge in [-0.05, 0) is 59.6 Å². The molecule has 2 aromatic heterocycles. The number of hydrogen-bond donors (Lipinski definition) is 1. The molecule has 0 aliphatic carbocycles. The van der Waals surface area contributed by atoms with Gasteiger partial charge in [-0.15, -0.1) is 0 Å². The minimum Gasteiger partial charge on any atom is -0.320 e. The van der Waals surface area contributed by atoms with Gasteiger partial charge in [-0.3, -0.25) is 14.5 Å². The molecule has 0 saturated carbocycles. The zero-order valence-electron chi connectivity index (χ0n) is 15.6. The Morgan fingerprint density at radius 3 is 2.68 bits per heavy atom. The van der Waals surface area contributed by atoms with Gasteiger partial charge in [-0.2, -0.15) is 5.10 Å². The molecule has 4 aromatic rings. The third-order valence-electron chi connectivity index (χ3n) is 4.70. The van der Waals surface area contributed by atoms with Crippen LogP contribution >= 0.6 is 15.9 Å². The van der Waals surface area contributed by atoms with Crippen LogP contribution in [0.2, 0.25) is 0 Å². The van der Waals surface area contributed by atoms with Crippen LogP contribution in [0, 0.1) is 13.8 Å². The highest BCUT2D eigenvalue weighted by molar-refractivity contribution is 9.10. The first-order valence-corrected chi connectivity index (χ1v) is 9.76. The average molecular weight is 435 g/mol. The molecule has 1 N–H and O–H groups in total. The van der Waals surface area contributed by atoms with Crippen molar-refractivity contribution in [1.29, 1.82) is 0 Å². The molecule has 0 saturated heterocycles. The molecule has 5 nitrogen and oxygen atoms in total. The zero-order chi connectivity index (χ0) is 19.7. The number of anilines is 1. The van der Waals surface area contributed by atoms with Crippen LogP contribution in [0.5, 0.6) is 0 Å². The monoisotopic (exact) mass is 434 g/mol. The number of benzene rings is 2. The highest BCUT2D eigenvalue weighted by Crippen LogP contribution is 2.23. The molecule has 0 aliphatic rings. The molecule has 0 aliphatic heterocycles. The van der Waals surface area contributed by atoms with Crippen molar-refractivity contribution in [2.45, 2.75) is 20.4 Å². The van der Waals surface area contributed by atoms with Crippen molar-refractivity contribution in [3.63, 3.8) is 0 Å². The molecular weight excluding hydrogens is 416 g/mol. The second-order valence-corrected chi connectivity index (χ2v) is 7.47. The Labute approximate surface area is 171 Å². The summed E-state index contributed by atoms with van der Waals surface area (Å²) in [5.41, 5.74) is 5.12. The molecule has 4 rings (SSSR count). The van der Waals surface area contributed by atoms with Crippen molar-refractivity contribution >= 4 is 38.4 Å². The fourth-order valence-electron chi connectivity index (χ4n) is 3.21. The van der Waals surface area contributed by atoms with E-state index in [1.54, 1.807) is 6.20 Å².